The zero-order valence-electron chi connectivity index (χ0n) is 6.64. The van der Waals surface area contributed by atoms with Gasteiger partial charge in [-0.05, 0) is 12.1 Å². The van der Waals surface area contributed by atoms with Gasteiger partial charge in [-0.25, -0.2) is 4.98 Å². The lowest BCUT2D eigenvalue weighted by molar-refractivity contribution is 1.13. The summed E-state index contributed by atoms with van der Waals surface area (Å²) >= 11 is 6.04. The predicted molar refractivity (Wildman–Crippen MR) is 57.8 cm³/mol. The first kappa shape index (κ1) is 7.41. The van der Waals surface area contributed by atoms with Crippen molar-refractivity contribution in [2.24, 2.45) is 0 Å². The number of aromatic nitrogens is 2. The fourth-order valence-corrected chi connectivity index (χ4v) is 2.78. The van der Waals surface area contributed by atoms with Crippen LogP contribution in [0, 0.1) is 0 Å². The standard InChI is InChI=1S/C9H6N2S2/c12-8-5-10-9-11(8)6-3-1-2-4-7(6)13-9/h1-5,12H. The Kier molecular flexibility index (Phi) is 1.42. The molecule has 1 aromatic carbocycles. The van der Waals surface area contributed by atoms with Gasteiger partial charge in [0.1, 0.15) is 0 Å². The number of nitrogens with zero attached hydrogens (tertiary/aromatic N) is 2. The fourth-order valence-electron chi connectivity index (χ4n) is 1.45. The quantitative estimate of drug-likeness (QED) is 0.560. The van der Waals surface area contributed by atoms with Gasteiger partial charge in [0.15, 0.2) is 4.96 Å². The minimum Gasteiger partial charge on any atom is -0.278 e. The number of hydrogen-bond acceptors (Lipinski definition) is 3. The van der Waals surface area contributed by atoms with Crippen molar-refractivity contribution in [1.29, 1.82) is 0 Å². The van der Waals surface area contributed by atoms with Crippen LogP contribution in [0.4, 0.5) is 0 Å². The molecule has 0 aliphatic rings. The van der Waals surface area contributed by atoms with Gasteiger partial charge in [-0.1, -0.05) is 23.5 Å². The number of hydrogen-bond donors (Lipinski definition) is 1. The normalized spacial score (nSPS) is 11.5. The Hall–Kier alpha value is -1.00. The number of fused-ring (bicyclic) bond motifs is 3. The smallest absolute Gasteiger partial charge is 0.195 e. The Bertz CT molecular complexity index is 579. The lowest BCUT2D eigenvalue weighted by atomic mass is 10.3. The van der Waals surface area contributed by atoms with Crippen LogP contribution in [-0.2, 0) is 0 Å². The summed E-state index contributed by atoms with van der Waals surface area (Å²) in [6.07, 6.45) is 1.78. The van der Waals surface area contributed by atoms with E-state index in [1.54, 1.807) is 17.5 Å². The number of rotatable bonds is 0. The van der Waals surface area contributed by atoms with Crippen molar-refractivity contribution in [2.75, 3.05) is 0 Å². The second-order valence-corrected chi connectivity index (χ2v) is 4.27. The van der Waals surface area contributed by atoms with E-state index in [0.29, 0.717) is 0 Å². The van der Waals surface area contributed by atoms with E-state index < -0.39 is 0 Å². The van der Waals surface area contributed by atoms with Crippen LogP contribution in [0.1, 0.15) is 0 Å². The molecule has 0 unspecified atom stereocenters. The summed E-state index contributed by atoms with van der Waals surface area (Å²) in [7, 11) is 0. The first-order chi connectivity index (χ1) is 6.36. The van der Waals surface area contributed by atoms with Crippen molar-refractivity contribution in [2.45, 2.75) is 5.03 Å². The minimum absolute atomic E-state index is 0.896. The predicted octanol–water partition coefficient (Wildman–Crippen LogP) is 2.84. The van der Waals surface area contributed by atoms with E-state index in [0.717, 1.165) is 9.99 Å². The highest BCUT2D eigenvalue weighted by molar-refractivity contribution is 7.80. The molecule has 0 fully saturated rings. The van der Waals surface area contributed by atoms with Crippen LogP contribution in [-0.4, -0.2) is 9.38 Å². The van der Waals surface area contributed by atoms with Crippen LogP contribution in [0.25, 0.3) is 15.2 Å². The third kappa shape index (κ3) is 0.927. The second-order valence-electron chi connectivity index (χ2n) is 2.80. The van der Waals surface area contributed by atoms with Crippen molar-refractivity contribution >= 4 is 39.1 Å². The van der Waals surface area contributed by atoms with Crippen molar-refractivity contribution in [3.63, 3.8) is 0 Å². The average Bonchev–Trinajstić information content (AvgIpc) is 2.66. The molecule has 0 spiro atoms. The first-order valence-corrected chi connectivity index (χ1v) is 5.16. The van der Waals surface area contributed by atoms with Crippen LogP contribution in [0.15, 0.2) is 35.5 Å². The summed E-state index contributed by atoms with van der Waals surface area (Å²) in [5.41, 5.74) is 1.19. The first-order valence-electron chi connectivity index (χ1n) is 3.90. The molecule has 4 heteroatoms. The summed E-state index contributed by atoms with van der Waals surface area (Å²) in [6, 6.07) is 8.25. The van der Waals surface area contributed by atoms with E-state index in [-0.39, 0.29) is 0 Å². The molecule has 0 saturated heterocycles. The zero-order chi connectivity index (χ0) is 8.84. The average molecular weight is 206 g/mol. The van der Waals surface area contributed by atoms with Crippen LogP contribution in [0.2, 0.25) is 0 Å². The molecule has 0 radical (unpaired) electrons. The minimum atomic E-state index is 0.896. The molecular weight excluding hydrogens is 200 g/mol. The maximum atomic E-state index is 4.35. The molecule has 2 aromatic heterocycles. The number of benzene rings is 1. The van der Waals surface area contributed by atoms with E-state index in [4.69, 9.17) is 0 Å². The van der Waals surface area contributed by atoms with Gasteiger partial charge in [-0.15, -0.1) is 12.6 Å². The lowest BCUT2D eigenvalue weighted by Crippen LogP contribution is -1.78. The zero-order valence-corrected chi connectivity index (χ0v) is 8.35. The number of thiazole rings is 1. The van der Waals surface area contributed by atoms with Crippen LogP contribution >= 0.6 is 24.0 Å². The highest BCUT2D eigenvalue weighted by Crippen LogP contribution is 2.27. The lowest BCUT2D eigenvalue weighted by Gasteiger charge is -1.90. The number of imidazole rings is 1. The molecule has 64 valence electrons. The van der Waals surface area contributed by atoms with Crippen molar-refractivity contribution in [1.82, 2.24) is 9.38 Å². The van der Waals surface area contributed by atoms with E-state index in [1.807, 2.05) is 12.1 Å². The molecule has 2 nitrogen and oxygen atoms in total. The fraction of sp³-hybridized carbons (Fsp3) is 0. The number of thiol groups is 1. The van der Waals surface area contributed by atoms with E-state index in [9.17, 15) is 0 Å². The molecule has 0 aliphatic carbocycles. The molecule has 3 aromatic rings. The summed E-state index contributed by atoms with van der Waals surface area (Å²) in [6.45, 7) is 0. The molecule has 2 heterocycles. The van der Waals surface area contributed by atoms with Gasteiger partial charge in [0.2, 0.25) is 0 Å². The van der Waals surface area contributed by atoms with Crippen LogP contribution in [0.5, 0.6) is 0 Å². The summed E-state index contributed by atoms with van der Waals surface area (Å²) < 4.78 is 3.31. The molecule has 3 rings (SSSR count). The summed E-state index contributed by atoms with van der Waals surface area (Å²) in [4.78, 5) is 5.27. The maximum absolute atomic E-state index is 4.35. The summed E-state index contributed by atoms with van der Waals surface area (Å²) in [5, 5.41) is 0.896. The Morgan fingerprint density at radius 2 is 2.15 bits per heavy atom. The van der Waals surface area contributed by atoms with Crippen molar-refractivity contribution in [3.8, 4) is 0 Å². The topological polar surface area (TPSA) is 17.3 Å². The highest BCUT2D eigenvalue weighted by Gasteiger charge is 2.06. The Morgan fingerprint density at radius 3 is 3.08 bits per heavy atom. The highest BCUT2D eigenvalue weighted by atomic mass is 32.1. The van der Waals surface area contributed by atoms with Crippen molar-refractivity contribution in [3.05, 3.63) is 30.5 Å². The largest absolute Gasteiger partial charge is 0.278 e. The van der Waals surface area contributed by atoms with E-state index in [2.05, 4.69) is 34.1 Å². The van der Waals surface area contributed by atoms with Gasteiger partial charge in [-0.2, -0.15) is 0 Å². The van der Waals surface area contributed by atoms with Gasteiger partial charge in [0.05, 0.1) is 21.4 Å². The Balaban J connectivity index is 2.66. The maximum Gasteiger partial charge on any atom is 0.195 e. The third-order valence-electron chi connectivity index (χ3n) is 2.02. The summed E-state index contributed by atoms with van der Waals surface area (Å²) in [5.74, 6) is 0. The molecule has 0 saturated carbocycles. The van der Waals surface area contributed by atoms with Crippen LogP contribution in [0.3, 0.4) is 0 Å². The third-order valence-corrected chi connectivity index (χ3v) is 3.37. The molecule has 0 atom stereocenters. The van der Waals surface area contributed by atoms with E-state index >= 15 is 0 Å². The van der Waals surface area contributed by atoms with Crippen molar-refractivity contribution < 1.29 is 0 Å². The Morgan fingerprint density at radius 1 is 1.31 bits per heavy atom. The van der Waals surface area contributed by atoms with Gasteiger partial charge in [0, 0.05) is 0 Å². The van der Waals surface area contributed by atoms with Crippen LogP contribution < -0.4 is 0 Å². The monoisotopic (exact) mass is 206 g/mol. The SMILES string of the molecule is Sc1cnc2sc3ccccc3n12. The van der Waals surface area contributed by atoms with Gasteiger partial charge in [0.25, 0.3) is 0 Å². The molecular formula is C9H6N2S2. The molecule has 13 heavy (non-hydrogen) atoms. The van der Waals surface area contributed by atoms with Gasteiger partial charge in [-0.3, -0.25) is 4.40 Å². The Labute approximate surface area is 84.2 Å². The van der Waals surface area contributed by atoms with E-state index in [1.165, 1.54) is 10.2 Å². The second kappa shape index (κ2) is 2.49. The molecule has 0 aliphatic heterocycles. The molecule has 0 N–H and O–H groups in total. The van der Waals surface area contributed by atoms with Gasteiger partial charge >= 0.3 is 0 Å². The molecule has 0 bridgehead atoms. The number of para-hydroxylation sites is 1. The molecule has 0 amide bonds. The van der Waals surface area contributed by atoms with Gasteiger partial charge < -0.3 is 0 Å².